The second kappa shape index (κ2) is 4.74. The van der Waals surface area contributed by atoms with E-state index in [1.807, 2.05) is 7.05 Å². The van der Waals surface area contributed by atoms with Gasteiger partial charge in [0.05, 0.1) is 18.1 Å². The molecule has 1 aromatic rings. The third-order valence-electron chi connectivity index (χ3n) is 1.82. The minimum atomic E-state index is 0.586. The Labute approximate surface area is 78.0 Å². The van der Waals surface area contributed by atoms with E-state index in [4.69, 9.17) is 5.84 Å². The zero-order valence-corrected chi connectivity index (χ0v) is 7.99. The van der Waals surface area contributed by atoms with Gasteiger partial charge in [0.2, 0.25) is 0 Å². The quantitative estimate of drug-likeness (QED) is 0.513. The number of nitrogens with two attached hydrogens (primary N) is 1. The molecule has 72 valence electrons. The molecular formula is C8H15N5. The molecule has 5 heteroatoms. The zero-order valence-electron chi connectivity index (χ0n) is 7.99. The third-order valence-corrected chi connectivity index (χ3v) is 1.82. The third kappa shape index (κ3) is 2.96. The molecule has 1 heterocycles. The average molecular weight is 181 g/mol. The molecule has 0 saturated heterocycles. The molecule has 13 heavy (non-hydrogen) atoms. The number of nitrogens with one attached hydrogen (secondary N) is 1. The summed E-state index contributed by atoms with van der Waals surface area (Å²) >= 11 is 0. The molecule has 0 atom stereocenters. The van der Waals surface area contributed by atoms with Crippen molar-refractivity contribution in [3.8, 4) is 0 Å². The Bertz CT molecular complexity index is 245. The molecule has 1 rings (SSSR count). The van der Waals surface area contributed by atoms with Crippen LogP contribution in [-0.4, -0.2) is 28.5 Å². The summed E-state index contributed by atoms with van der Waals surface area (Å²) in [6.07, 6.45) is 3.35. The minimum absolute atomic E-state index is 0.586. The first-order valence-corrected chi connectivity index (χ1v) is 4.22. The highest BCUT2D eigenvalue weighted by atomic mass is 15.3. The lowest BCUT2D eigenvalue weighted by Crippen LogP contribution is -2.18. The van der Waals surface area contributed by atoms with Crippen LogP contribution >= 0.6 is 0 Å². The lowest BCUT2D eigenvalue weighted by atomic mass is 10.4. The molecule has 0 spiro atoms. The van der Waals surface area contributed by atoms with Crippen molar-refractivity contribution in [1.82, 2.24) is 14.9 Å². The van der Waals surface area contributed by atoms with Gasteiger partial charge in [0, 0.05) is 6.54 Å². The van der Waals surface area contributed by atoms with E-state index in [2.05, 4.69) is 27.2 Å². The Kier molecular flexibility index (Phi) is 3.60. The van der Waals surface area contributed by atoms with E-state index in [1.54, 1.807) is 12.4 Å². The van der Waals surface area contributed by atoms with Gasteiger partial charge in [0.15, 0.2) is 5.82 Å². The average Bonchev–Trinajstić information content (AvgIpc) is 2.19. The summed E-state index contributed by atoms with van der Waals surface area (Å²) < 4.78 is 0. The van der Waals surface area contributed by atoms with Crippen molar-refractivity contribution in [1.29, 1.82) is 0 Å². The molecular weight excluding hydrogens is 166 g/mol. The predicted molar refractivity (Wildman–Crippen MR) is 51.9 cm³/mol. The molecule has 1 aromatic heterocycles. The van der Waals surface area contributed by atoms with E-state index in [0.717, 1.165) is 18.8 Å². The Morgan fingerprint density at radius 2 is 2.23 bits per heavy atom. The predicted octanol–water partition coefficient (Wildman–Crippen LogP) is 0.214. The van der Waals surface area contributed by atoms with Crippen molar-refractivity contribution in [2.24, 2.45) is 5.84 Å². The van der Waals surface area contributed by atoms with Gasteiger partial charge >= 0.3 is 0 Å². The summed E-state index contributed by atoms with van der Waals surface area (Å²) in [4.78, 5) is 10.4. The SMILES string of the molecule is CCN(C)Cc1cnc(NN)cn1. The van der Waals surface area contributed by atoms with Crippen molar-refractivity contribution in [3.63, 3.8) is 0 Å². The number of rotatable bonds is 4. The van der Waals surface area contributed by atoms with Crippen LogP contribution < -0.4 is 11.3 Å². The Balaban J connectivity index is 2.58. The van der Waals surface area contributed by atoms with Crippen molar-refractivity contribution >= 4 is 5.82 Å². The van der Waals surface area contributed by atoms with Crippen LogP contribution in [0.15, 0.2) is 12.4 Å². The molecule has 3 N–H and O–H groups in total. The molecule has 0 unspecified atom stereocenters. The minimum Gasteiger partial charge on any atom is -0.307 e. The number of nitrogen functional groups attached to an aromatic ring is 1. The van der Waals surface area contributed by atoms with Crippen LogP contribution in [0.5, 0.6) is 0 Å². The van der Waals surface area contributed by atoms with Crippen LogP contribution in [-0.2, 0) is 6.54 Å². The van der Waals surface area contributed by atoms with Crippen molar-refractivity contribution in [2.45, 2.75) is 13.5 Å². The highest BCUT2D eigenvalue weighted by Crippen LogP contribution is 2.01. The highest BCUT2D eigenvalue weighted by molar-refractivity contribution is 5.28. The van der Waals surface area contributed by atoms with Crippen molar-refractivity contribution in [3.05, 3.63) is 18.1 Å². The summed E-state index contributed by atoms with van der Waals surface area (Å²) in [5.41, 5.74) is 3.38. The maximum atomic E-state index is 5.16. The van der Waals surface area contributed by atoms with Crippen LogP contribution in [0.3, 0.4) is 0 Å². The van der Waals surface area contributed by atoms with Gasteiger partial charge in [-0.15, -0.1) is 0 Å². The van der Waals surface area contributed by atoms with Gasteiger partial charge < -0.3 is 10.3 Å². The summed E-state index contributed by atoms with van der Waals surface area (Å²) in [5, 5.41) is 0. The first kappa shape index (κ1) is 9.88. The smallest absolute Gasteiger partial charge is 0.158 e. The molecule has 0 aliphatic rings. The van der Waals surface area contributed by atoms with Crippen LogP contribution in [0.25, 0.3) is 0 Å². The van der Waals surface area contributed by atoms with Crippen LogP contribution in [0.4, 0.5) is 5.82 Å². The van der Waals surface area contributed by atoms with E-state index < -0.39 is 0 Å². The first-order chi connectivity index (χ1) is 6.26. The molecule has 0 aliphatic heterocycles. The van der Waals surface area contributed by atoms with E-state index in [0.29, 0.717) is 5.82 Å². The monoisotopic (exact) mass is 181 g/mol. The van der Waals surface area contributed by atoms with Crippen LogP contribution in [0.1, 0.15) is 12.6 Å². The molecule has 0 bridgehead atoms. The van der Waals surface area contributed by atoms with Gasteiger partial charge in [-0.05, 0) is 13.6 Å². The zero-order chi connectivity index (χ0) is 9.68. The Hall–Kier alpha value is -1.20. The molecule has 0 aliphatic carbocycles. The van der Waals surface area contributed by atoms with E-state index >= 15 is 0 Å². The summed E-state index contributed by atoms with van der Waals surface area (Å²) in [6.45, 7) is 3.91. The van der Waals surface area contributed by atoms with Gasteiger partial charge in [-0.1, -0.05) is 6.92 Å². The molecule has 0 radical (unpaired) electrons. The number of hydrogen-bond acceptors (Lipinski definition) is 5. The summed E-state index contributed by atoms with van der Waals surface area (Å²) in [6, 6.07) is 0. The normalized spacial score (nSPS) is 10.5. The lowest BCUT2D eigenvalue weighted by molar-refractivity contribution is 0.341. The first-order valence-electron chi connectivity index (χ1n) is 4.22. The number of anilines is 1. The second-order valence-electron chi connectivity index (χ2n) is 2.87. The van der Waals surface area contributed by atoms with E-state index in [9.17, 15) is 0 Å². The summed E-state index contributed by atoms with van der Waals surface area (Å²) in [5.74, 6) is 5.75. The van der Waals surface area contributed by atoms with Gasteiger partial charge in [-0.2, -0.15) is 0 Å². The highest BCUT2D eigenvalue weighted by Gasteiger charge is 1.99. The van der Waals surface area contributed by atoms with Crippen LogP contribution in [0, 0.1) is 0 Å². The number of hydrazine groups is 1. The molecule has 0 amide bonds. The molecule has 0 aromatic carbocycles. The molecule has 5 nitrogen and oxygen atoms in total. The Morgan fingerprint density at radius 3 is 2.69 bits per heavy atom. The molecule has 0 saturated carbocycles. The molecule has 0 fully saturated rings. The maximum Gasteiger partial charge on any atom is 0.158 e. The maximum absolute atomic E-state index is 5.16. The van der Waals surface area contributed by atoms with Gasteiger partial charge in [0.25, 0.3) is 0 Å². The van der Waals surface area contributed by atoms with Crippen LogP contribution in [0.2, 0.25) is 0 Å². The Morgan fingerprint density at radius 1 is 1.46 bits per heavy atom. The van der Waals surface area contributed by atoms with Crippen molar-refractivity contribution in [2.75, 3.05) is 19.0 Å². The van der Waals surface area contributed by atoms with Gasteiger partial charge in [-0.3, -0.25) is 4.98 Å². The fraction of sp³-hybridized carbons (Fsp3) is 0.500. The van der Waals surface area contributed by atoms with Crippen molar-refractivity contribution < 1.29 is 0 Å². The fourth-order valence-corrected chi connectivity index (χ4v) is 0.899. The van der Waals surface area contributed by atoms with Gasteiger partial charge in [0.1, 0.15) is 0 Å². The second-order valence-corrected chi connectivity index (χ2v) is 2.87. The lowest BCUT2D eigenvalue weighted by Gasteiger charge is -2.12. The topological polar surface area (TPSA) is 67.1 Å². The number of hydrogen-bond donors (Lipinski definition) is 2. The number of aromatic nitrogens is 2. The summed E-state index contributed by atoms with van der Waals surface area (Å²) in [7, 11) is 2.04. The van der Waals surface area contributed by atoms with Gasteiger partial charge in [-0.25, -0.2) is 10.8 Å². The fourth-order valence-electron chi connectivity index (χ4n) is 0.899. The largest absolute Gasteiger partial charge is 0.307 e. The van der Waals surface area contributed by atoms with E-state index in [-0.39, 0.29) is 0 Å². The van der Waals surface area contributed by atoms with E-state index in [1.165, 1.54) is 0 Å². The number of nitrogens with zero attached hydrogens (tertiary/aromatic N) is 3. The standard InChI is InChI=1S/C8H15N5/c1-3-13(2)6-7-4-11-8(12-9)5-10-7/h4-5H,3,6,9H2,1-2H3,(H,11,12).